The fourth-order valence-electron chi connectivity index (χ4n) is 2.65. The first kappa shape index (κ1) is 15.5. The van der Waals surface area contributed by atoms with Crippen molar-refractivity contribution in [3.05, 3.63) is 54.6 Å². The fraction of sp³-hybridized carbons (Fsp3) is 0.278. The first-order valence-electron chi connectivity index (χ1n) is 7.82. The number of nitrogens with one attached hydrogen (secondary N) is 2. The maximum atomic E-state index is 12.2. The van der Waals surface area contributed by atoms with Gasteiger partial charge in [-0.05, 0) is 61.8 Å². The van der Waals surface area contributed by atoms with Crippen LogP contribution in [0.3, 0.4) is 0 Å². The highest BCUT2D eigenvalue weighted by atomic mass is 16.5. The van der Waals surface area contributed by atoms with Crippen LogP contribution in [0, 0.1) is 5.92 Å². The van der Waals surface area contributed by atoms with Gasteiger partial charge in [0.25, 0.3) is 0 Å². The lowest BCUT2D eigenvalue weighted by molar-refractivity contribution is -0.117. The molecule has 2 aromatic carbocycles. The molecule has 120 valence electrons. The topological polar surface area (TPSA) is 76.4 Å². The van der Waals surface area contributed by atoms with Crippen LogP contribution in [0.15, 0.2) is 54.6 Å². The molecule has 5 heteroatoms. The third-order valence-corrected chi connectivity index (χ3v) is 3.97. The van der Waals surface area contributed by atoms with Gasteiger partial charge in [-0.25, -0.2) is 0 Å². The zero-order chi connectivity index (χ0) is 16.1. The van der Waals surface area contributed by atoms with E-state index >= 15 is 0 Å². The number of carbonyl (C=O) groups is 1. The van der Waals surface area contributed by atoms with Crippen LogP contribution < -0.4 is 21.1 Å². The highest BCUT2D eigenvalue weighted by Crippen LogP contribution is 2.23. The summed E-state index contributed by atoms with van der Waals surface area (Å²) in [5.41, 5.74) is 6.40. The Bertz CT molecular complexity index is 643. The van der Waals surface area contributed by atoms with Crippen molar-refractivity contribution in [1.29, 1.82) is 0 Å². The lowest BCUT2D eigenvalue weighted by Crippen LogP contribution is -2.35. The number of nitrogens with two attached hydrogens (primary N) is 1. The number of anilines is 1. The summed E-state index contributed by atoms with van der Waals surface area (Å²) < 4.78 is 5.73. The van der Waals surface area contributed by atoms with Gasteiger partial charge in [-0.2, -0.15) is 0 Å². The van der Waals surface area contributed by atoms with Crippen molar-refractivity contribution in [2.75, 3.05) is 18.4 Å². The predicted octanol–water partition coefficient (Wildman–Crippen LogP) is 2.35. The SMILES string of the molecule is NCC1CNC(C(=O)Nc2ccc(Oc3ccccc3)cc2)C1. The van der Waals surface area contributed by atoms with E-state index in [1.807, 2.05) is 54.6 Å². The zero-order valence-electron chi connectivity index (χ0n) is 12.9. The number of ether oxygens (including phenoxy) is 1. The van der Waals surface area contributed by atoms with Crippen LogP contribution in [0.25, 0.3) is 0 Å². The first-order valence-corrected chi connectivity index (χ1v) is 7.82. The van der Waals surface area contributed by atoms with Crippen LogP contribution in [0.4, 0.5) is 5.69 Å². The molecular weight excluding hydrogens is 290 g/mol. The Morgan fingerprint density at radius 1 is 1.13 bits per heavy atom. The molecule has 0 bridgehead atoms. The van der Waals surface area contributed by atoms with Gasteiger partial charge in [0.2, 0.25) is 5.91 Å². The van der Waals surface area contributed by atoms with Crippen molar-refractivity contribution in [3.63, 3.8) is 0 Å². The minimum absolute atomic E-state index is 0.0160. The average Bonchev–Trinajstić information content (AvgIpc) is 3.07. The van der Waals surface area contributed by atoms with Crippen LogP contribution in [-0.2, 0) is 4.79 Å². The van der Waals surface area contributed by atoms with Crippen LogP contribution >= 0.6 is 0 Å². The molecule has 1 aliphatic heterocycles. The summed E-state index contributed by atoms with van der Waals surface area (Å²) in [6.45, 7) is 1.42. The maximum absolute atomic E-state index is 12.2. The second kappa shape index (κ2) is 7.26. The number of para-hydroxylation sites is 1. The summed E-state index contributed by atoms with van der Waals surface area (Å²) in [6.07, 6.45) is 0.789. The standard InChI is InChI=1S/C18H21N3O2/c19-11-13-10-17(20-12-13)18(22)21-14-6-8-16(9-7-14)23-15-4-2-1-3-5-15/h1-9,13,17,20H,10-12,19H2,(H,21,22). The van der Waals surface area contributed by atoms with Gasteiger partial charge in [-0.3, -0.25) is 4.79 Å². The van der Waals surface area contributed by atoms with E-state index in [4.69, 9.17) is 10.5 Å². The molecule has 5 nitrogen and oxygen atoms in total. The molecule has 0 aromatic heterocycles. The molecule has 0 aliphatic carbocycles. The van der Waals surface area contributed by atoms with E-state index in [0.29, 0.717) is 12.5 Å². The Kier molecular flexibility index (Phi) is 4.90. The van der Waals surface area contributed by atoms with Crippen molar-refractivity contribution in [3.8, 4) is 11.5 Å². The third kappa shape index (κ3) is 4.09. The number of carbonyl (C=O) groups excluding carboxylic acids is 1. The lowest BCUT2D eigenvalue weighted by Gasteiger charge is -2.12. The number of amides is 1. The molecule has 1 saturated heterocycles. The van der Waals surface area contributed by atoms with Crippen molar-refractivity contribution < 1.29 is 9.53 Å². The number of benzene rings is 2. The Morgan fingerprint density at radius 3 is 2.48 bits per heavy atom. The summed E-state index contributed by atoms with van der Waals surface area (Å²) in [5, 5.41) is 6.13. The highest BCUT2D eigenvalue weighted by Gasteiger charge is 2.28. The molecule has 23 heavy (non-hydrogen) atoms. The molecule has 2 aromatic rings. The fourth-order valence-corrected chi connectivity index (χ4v) is 2.65. The molecule has 2 atom stereocenters. The summed E-state index contributed by atoms with van der Waals surface area (Å²) in [4.78, 5) is 12.2. The van der Waals surface area contributed by atoms with Crippen molar-refractivity contribution in [2.24, 2.45) is 11.7 Å². The van der Waals surface area contributed by atoms with Crippen molar-refractivity contribution >= 4 is 11.6 Å². The quantitative estimate of drug-likeness (QED) is 0.792. The highest BCUT2D eigenvalue weighted by molar-refractivity contribution is 5.95. The molecule has 0 radical (unpaired) electrons. The van der Waals surface area contributed by atoms with Gasteiger partial charge < -0.3 is 21.1 Å². The summed E-state index contributed by atoms with van der Waals surface area (Å²) in [5.74, 6) is 1.88. The monoisotopic (exact) mass is 311 g/mol. The lowest BCUT2D eigenvalue weighted by atomic mass is 10.1. The van der Waals surface area contributed by atoms with Gasteiger partial charge in [0.1, 0.15) is 11.5 Å². The molecule has 2 unspecified atom stereocenters. The Balaban J connectivity index is 1.56. The minimum Gasteiger partial charge on any atom is -0.457 e. The van der Waals surface area contributed by atoms with E-state index < -0.39 is 0 Å². The third-order valence-electron chi connectivity index (χ3n) is 3.97. The molecule has 0 saturated carbocycles. The van der Waals surface area contributed by atoms with E-state index in [9.17, 15) is 4.79 Å². The molecular formula is C18H21N3O2. The van der Waals surface area contributed by atoms with Gasteiger partial charge in [0.15, 0.2) is 0 Å². The van der Waals surface area contributed by atoms with Crippen LogP contribution in [0.2, 0.25) is 0 Å². The van der Waals surface area contributed by atoms with Gasteiger partial charge in [0.05, 0.1) is 6.04 Å². The Labute approximate surface area is 135 Å². The number of hydrogen-bond donors (Lipinski definition) is 3. The largest absolute Gasteiger partial charge is 0.457 e. The molecule has 0 spiro atoms. The molecule has 1 amide bonds. The molecule has 3 rings (SSSR count). The smallest absolute Gasteiger partial charge is 0.241 e. The second-order valence-corrected chi connectivity index (χ2v) is 5.73. The summed E-state index contributed by atoms with van der Waals surface area (Å²) in [7, 11) is 0. The number of rotatable bonds is 5. The van der Waals surface area contributed by atoms with Gasteiger partial charge >= 0.3 is 0 Å². The molecule has 1 heterocycles. The van der Waals surface area contributed by atoms with Crippen molar-refractivity contribution in [1.82, 2.24) is 5.32 Å². The Hall–Kier alpha value is -2.37. The van der Waals surface area contributed by atoms with E-state index in [-0.39, 0.29) is 11.9 Å². The maximum Gasteiger partial charge on any atom is 0.241 e. The normalized spacial score (nSPS) is 20.2. The molecule has 1 fully saturated rings. The van der Waals surface area contributed by atoms with Gasteiger partial charge in [-0.15, -0.1) is 0 Å². The first-order chi connectivity index (χ1) is 11.2. The second-order valence-electron chi connectivity index (χ2n) is 5.73. The van der Waals surface area contributed by atoms with Crippen LogP contribution in [0.5, 0.6) is 11.5 Å². The predicted molar refractivity (Wildman–Crippen MR) is 90.5 cm³/mol. The van der Waals surface area contributed by atoms with Gasteiger partial charge in [0, 0.05) is 5.69 Å². The Morgan fingerprint density at radius 2 is 1.83 bits per heavy atom. The number of hydrogen-bond acceptors (Lipinski definition) is 4. The molecule has 4 N–H and O–H groups in total. The minimum atomic E-state index is -0.163. The van der Waals surface area contributed by atoms with Gasteiger partial charge in [-0.1, -0.05) is 18.2 Å². The summed E-state index contributed by atoms with van der Waals surface area (Å²) in [6, 6.07) is 16.8. The van der Waals surface area contributed by atoms with E-state index in [2.05, 4.69) is 10.6 Å². The van der Waals surface area contributed by atoms with Crippen LogP contribution in [-0.4, -0.2) is 25.0 Å². The summed E-state index contributed by atoms with van der Waals surface area (Å²) >= 11 is 0. The van der Waals surface area contributed by atoms with E-state index in [1.54, 1.807) is 0 Å². The van der Waals surface area contributed by atoms with Crippen molar-refractivity contribution in [2.45, 2.75) is 12.5 Å². The van der Waals surface area contributed by atoms with E-state index in [1.165, 1.54) is 0 Å². The van der Waals surface area contributed by atoms with E-state index in [0.717, 1.165) is 30.2 Å². The zero-order valence-corrected chi connectivity index (χ0v) is 12.9. The molecule has 1 aliphatic rings. The average molecular weight is 311 g/mol. The van der Waals surface area contributed by atoms with Crippen LogP contribution in [0.1, 0.15) is 6.42 Å².